The highest BCUT2D eigenvalue weighted by Crippen LogP contribution is 2.28. The zero-order valence-electron chi connectivity index (χ0n) is 16.3. The molecule has 0 spiro atoms. The molecule has 1 aromatic carbocycles. The van der Waals surface area contributed by atoms with Gasteiger partial charge in [-0.3, -0.25) is 4.79 Å². The van der Waals surface area contributed by atoms with E-state index in [-0.39, 0.29) is 5.91 Å². The number of anilines is 1. The Morgan fingerprint density at radius 3 is 2.65 bits per heavy atom. The fraction of sp³-hybridized carbons (Fsp3) is 0.455. The number of pyridine rings is 1. The summed E-state index contributed by atoms with van der Waals surface area (Å²) in [5, 5.41) is 0. The van der Waals surface area contributed by atoms with Gasteiger partial charge in [-0.2, -0.15) is 0 Å². The standard InChI is InChI=1S/C22H29N3O/c1-16(2)24(4)21-14-19(11-12-23-21)22(26)25-13-5-6-20(15-25)18-9-7-17(3)8-10-18/h7-12,14,16,20H,5-6,13,15H2,1-4H3. The first-order chi connectivity index (χ1) is 12.5. The van der Waals surface area contributed by atoms with Crippen LogP contribution in [0.25, 0.3) is 0 Å². The largest absolute Gasteiger partial charge is 0.357 e. The van der Waals surface area contributed by atoms with Crippen molar-refractivity contribution < 1.29 is 4.79 Å². The lowest BCUT2D eigenvalue weighted by Crippen LogP contribution is -2.39. The summed E-state index contributed by atoms with van der Waals surface area (Å²) in [6.07, 6.45) is 3.93. The molecule has 2 aromatic rings. The first-order valence-electron chi connectivity index (χ1n) is 9.50. The van der Waals surface area contributed by atoms with Crippen LogP contribution >= 0.6 is 0 Å². The zero-order valence-corrected chi connectivity index (χ0v) is 16.3. The number of carbonyl (C=O) groups excluding carboxylic acids is 1. The Labute approximate surface area is 156 Å². The van der Waals surface area contributed by atoms with Crippen LogP contribution in [0.15, 0.2) is 42.6 Å². The molecule has 1 amide bonds. The van der Waals surface area contributed by atoms with Gasteiger partial charge in [-0.05, 0) is 51.3 Å². The van der Waals surface area contributed by atoms with Gasteiger partial charge in [0.2, 0.25) is 0 Å². The summed E-state index contributed by atoms with van der Waals surface area (Å²) in [4.78, 5) is 21.6. The number of carbonyl (C=O) groups is 1. The Bertz CT molecular complexity index is 754. The molecule has 0 saturated carbocycles. The molecule has 0 radical (unpaired) electrons. The molecular formula is C22H29N3O. The average molecular weight is 351 g/mol. The monoisotopic (exact) mass is 351 g/mol. The van der Waals surface area contributed by atoms with Crippen molar-refractivity contribution in [1.82, 2.24) is 9.88 Å². The van der Waals surface area contributed by atoms with Crippen LogP contribution in [-0.4, -0.2) is 42.0 Å². The van der Waals surface area contributed by atoms with Crippen LogP contribution in [0.1, 0.15) is 54.1 Å². The molecular weight excluding hydrogens is 322 g/mol. The number of amides is 1. The van der Waals surface area contributed by atoms with Crippen LogP contribution in [0.5, 0.6) is 0 Å². The van der Waals surface area contributed by atoms with Gasteiger partial charge in [-0.1, -0.05) is 29.8 Å². The Morgan fingerprint density at radius 2 is 1.96 bits per heavy atom. The van der Waals surface area contributed by atoms with Gasteiger partial charge in [0, 0.05) is 43.9 Å². The molecule has 2 heterocycles. The van der Waals surface area contributed by atoms with E-state index in [2.05, 4.69) is 54.9 Å². The van der Waals surface area contributed by atoms with Gasteiger partial charge in [-0.25, -0.2) is 4.98 Å². The Morgan fingerprint density at radius 1 is 1.23 bits per heavy atom. The number of benzene rings is 1. The third-order valence-electron chi connectivity index (χ3n) is 5.39. The zero-order chi connectivity index (χ0) is 18.7. The maximum Gasteiger partial charge on any atom is 0.254 e. The van der Waals surface area contributed by atoms with Gasteiger partial charge in [-0.15, -0.1) is 0 Å². The number of nitrogens with zero attached hydrogens (tertiary/aromatic N) is 3. The van der Waals surface area contributed by atoms with Crippen molar-refractivity contribution >= 4 is 11.7 Å². The molecule has 1 saturated heterocycles. The van der Waals surface area contributed by atoms with Crippen molar-refractivity contribution in [3.05, 3.63) is 59.3 Å². The predicted molar refractivity (Wildman–Crippen MR) is 107 cm³/mol. The summed E-state index contributed by atoms with van der Waals surface area (Å²) in [5.41, 5.74) is 3.34. The second-order valence-electron chi connectivity index (χ2n) is 7.61. The van der Waals surface area contributed by atoms with Gasteiger partial charge in [0.05, 0.1) is 0 Å². The summed E-state index contributed by atoms with van der Waals surface area (Å²) in [7, 11) is 2.01. The number of hydrogen-bond acceptors (Lipinski definition) is 3. The molecule has 3 rings (SSSR count). The van der Waals surface area contributed by atoms with Gasteiger partial charge in [0.1, 0.15) is 5.82 Å². The number of hydrogen-bond donors (Lipinski definition) is 0. The number of likely N-dealkylation sites (tertiary alicyclic amines) is 1. The fourth-order valence-corrected chi connectivity index (χ4v) is 3.46. The molecule has 1 atom stereocenters. The van der Waals surface area contributed by atoms with E-state index in [1.165, 1.54) is 11.1 Å². The molecule has 138 valence electrons. The minimum Gasteiger partial charge on any atom is -0.357 e. The van der Waals surface area contributed by atoms with Crippen LogP contribution in [0.2, 0.25) is 0 Å². The summed E-state index contributed by atoms with van der Waals surface area (Å²) < 4.78 is 0. The SMILES string of the molecule is Cc1ccc(C2CCCN(C(=O)c3ccnc(N(C)C(C)C)c3)C2)cc1. The van der Waals surface area contributed by atoms with E-state index in [0.29, 0.717) is 12.0 Å². The van der Waals surface area contributed by atoms with Crippen LogP contribution < -0.4 is 4.90 Å². The predicted octanol–water partition coefficient (Wildman–Crippen LogP) is 4.25. The van der Waals surface area contributed by atoms with E-state index in [1.54, 1.807) is 6.20 Å². The highest BCUT2D eigenvalue weighted by atomic mass is 16.2. The fourth-order valence-electron chi connectivity index (χ4n) is 3.46. The van der Waals surface area contributed by atoms with Crippen molar-refractivity contribution in [1.29, 1.82) is 0 Å². The topological polar surface area (TPSA) is 36.4 Å². The van der Waals surface area contributed by atoms with Gasteiger partial charge >= 0.3 is 0 Å². The molecule has 4 nitrogen and oxygen atoms in total. The van der Waals surface area contributed by atoms with Gasteiger partial charge in [0.25, 0.3) is 5.91 Å². The average Bonchev–Trinajstić information content (AvgIpc) is 2.67. The minimum absolute atomic E-state index is 0.114. The van der Waals surface area contributed by atoms with Crippen molar-refractivity contribution in [2.75, 3.05) is 25.0 Å². The van der Waals surface area contributed by atoms with Gasteiger partial charge in [0.15, 0.2) is 0 Å². The number of rotatable bonds is 4. The molecule has 1 aliphatic rings. The smallest absolute Gasteiger partial charge is 0.254 e. The molecule has 26 heavy (non-hydrogen) atoms. The van der Waals surface area contributed by atoms with Crippen LogP contribution in [0.3, 0.4) is 0 Å². The van der Waals surface area contributed by atoms with Crippen LogP contribution in [0.4, 0.5) is 5.82 Å². The van der Waals surface area contributed by atoms with Crippen molar-refractivity contribution in [2.45, 2.75) is 45.6 Å². The van der Waals surface area contributed by atoms with Crippen molar-refractivity contribution in [3.8, 4) is 0 Å². The molecule has 0 N–H and O–H groups in total. The number of aryl methyl sites for hydroxylation is 1. The lowest BCUT2D eigenvalue weighted by atomic mass is 9.90. The molecule has 4 heteroatoms. The summed E-state index contributed by atoms with van der Waals surface area (Å²) in [6, 6.07) is 12.8. The third kappa shape index (κ3) is 4.06. The lowest BCUT2D eigenvalue weighted by molar-refractivity contribution is 0.0707. The Balaban J connectivity index is 1.75. The number of aromatic nitrogens is 1. The van der Waals surface area contributed by atoms with Crippen LogP contribution in [-0.2, 0) is 0 Å². The summed E-state index contributed by atoms with van der Waals surface area (Å²) in [6.45, 7) is 7.97. The molecule has 1 unspecified atom stereocenters. The van der Waals surface area contributed by atoms with E-state index in [9.17, 15) is 4.79 Å². The maximum atomic E-state index is 13.1. The quantitative estimate of drug-likeness (QED) is 0.826. The highest BCUT2D eigenvalue weighted by molar-refractivity contribution is 5.95. The normalized spacial score (nSPS) is 17.4. The summed E-state index contributed by atoms with van der Waals surface area (Å²) in [5.74, 6) is 1.38. The molecule has 1 aromatic heterocycles. The molecule has 0 bridgehead atoms. The van der Waals surface area contributed by atoms with Gasteiger partial charge < -0.3 is 9.80 Å². The maximum absolute atomic E-state index is 13.1. The first kappa shape index (κ1) is 18.4. The lowest BCUT2D eigenvalue weighted by Gasteiger charge is -2.33. The second kappa shape index (κ2) is 7.90. The third-order valence-corrected chi connectivity index (χ3v) is 5.39. The van der Waals surface area contributed by atoms with Crippen molar-refractivity contribution in [3.63, 3.8) is 0 Å². The van der Waals surface area contributed by atoms with E-state index < -0.39 is 0 Å². The van der Waals surface area contributed by atoms with E-state index in [0.717, 1.165) is 37.3 Å². The van der Waals surface area contributed by atoms with E-state index in [1.807, 2.05) is 24.1 Å². The molecule has 1 fully saturated rings. The van der Waals surface area contributed by atoms with E-state index >= 15 is 0 Å². The molecule has 0 aliphatic carbocycles. The van der Waals surface area contributed by atoms with Crippen LogP contribution in [0, 0.1) is 6.92 Å². The van der Waals surface area contributed by atoms with Crippen molar-refractivity contribution in [2.24, 2.45) is 0 Å². The first-order valence-corrected chi connectivity index (χ1v) is 9.50. The second-order valence-corrected chi connectivity index (χ2v) is 7.61. The minimum atomic E-state index is 0.114. The highest BCUT2D eigenvalue weighted by Gasteiger charge is 2.26. The summed E-state index contributed by atoms with van der Waals surface area (Å²) >= 11 is 0. The number of piperidine rings is 1. The Kier molecular flexibility index (Phi) is 5.60. The molecule has 1 aliphatic heterocycles. The van der Waals surface area contributed by atoms with E-state index in [4.69, 9.17) is 0 Å². The Hall–Kier alpha value is -2.36.